The summed E-state index contributed by atoms with van der Waals surface area (Å²) in [5, 5.41) is 7.32. The summed E-state index contributed by atoms with van der Waals surface area (Å²) in [5.74, 6) is 1.75. The van der Waals surface area contributed by atoms with Crippen molar-refractivity contribution in [2.75, 3.05) is 20.6 Å². The van der Waals surface area contributed by atoms with Gasteiger partial charge in [0.1, 0.15) is 0 Å². The van der Waals surface area contributed by atoms with Gasteiger partial charge in [-0.15, -0.1) is 0 Å². The lowest BCUT2D eigenvalue weighted by Gasteiger charge is -2.06. The Balaban J connectivity index is 0. The van der Waals surface area contributed by atoms with Crippen LogP contribution in [0.2, 0.25) is 0 Å². The van der Waals surface area contributed by atoms with Gasteiger partial charge in [-0.3, -0.25) is 0 Å². The van der Waals surface area contributed by atoms with E-state index in [0.717, 1.165) is 0 Å². The van der Waals surface area contributed by atoms with Crippen molar-refractivity contribution < 1.29 is 0 Å². The molecule has 0 N–H and O–H groups in total. The van der Waals surface area contributed by atoms with E-state index in [1.54, 1.807) is 5.97 Å². The minimum absolute atomic E-state index is 1.24. The normalized spacial score (nSPS) is 8.27. The molecule has 0 aromatic carbocycles. The zero-order valence-corrected chi connectivity index (χ0v) is 8.22. The summed E-state index contributed by atoms with van der Waals surface area (Å²) in [6, 6.07) is 0. The minimum Gasteiger partial charge on any atom is -0.309 e. The lowest BCUT2D eigenvalue weighted by molar-refractivity contribution is 0.393. The summed E-state index contributed by atoms with van der Waals surface area (Å²) < 4.78 is 0. The molecule has 0 rings (SSSR count). The van der Waals surface area contributed by atoms with Crippen molar-refractivity contribution in [3.05, 3.63) is 0 Å². The van der Waals surface area contributed by atoms with E-state index in [1.165, 1.54) is 33.7 Å². The molecule has 64 valence electrons. The molecule has 0 aliphatic heterocycles. The van der Waals surface area contributed by atoms with Crippen LogP contribution in [0.1, 0.15) is 26.2 Å². The van der Waals surface area contributed by atoms with Gasteiger partial charge in [-0.2, -0.15) is 0 Å². The fraction of sp³-hybridized carbons (Fsp3) is 0.875. The van der Waals surface area contributed by atoms with E-state index in [1.807, 2.05) is 0 Å². The molecule has 0 atom stereocenters. The zero-order valence-electron chi connectivity index (χ0n) is 8.22. The van der Waals surface area contributed by atoms with Gasteiger partial charge >= 0.3 is 0 Å². The number of unbranched alkanes of at least 4 members (excludes halogenated alkanes) is 2. The van der Waals surface area contributed by atoms with Crippen molar-refractivity contribution in [2.24, 2.45) is 0 Å². The SMILES string of the molecule is BC#N.CCCCCN(C)C. The molecule has 0 amide bonds. The van der Waals surface area contributed by atoms with Crippen molar-refractivity contribution >= 4 is 7.85 Å². The van der Waals surface area contributed by atoms with E-state index in [4.69, 9.17) is 5.26 Å². The number of nitrogens with zero attached hydrogens (tertiary/aromatic N) is 2. The second-order valence-electron chi connectivity index (χ2n) is 2.73. The second kappa shape index (κ2) is 12.2. The smallest absolute Gasteiger partial charge is 0.232 e. The predicted octanol–water partition coefficient (Wildman–Crippen LogP) is 0.839. The van der Waals surface area contributed by atoms with Crippen molar-refractivity contribution in [1.82, 2.24) is 4.90 Å². The maximum atomic E-state index is 7.32. The molecule has 0 bridgehead atoms. The predicted molar refractivity (Wildman–Crippen MR) is 52.2 cm³/mol. The Kier molecular flexibility index (Phi) is 14.6. The summed E-state index contributed by atoms with van der Waals surface area (Å²) in [7, 11) is 5.67. The van der Waals surface area contributed by atoms with Gasteiger partial charge in [0.25, 0.3) is 0 Å². The highest BCUT2D eigenvalue weighted by atomic mass is 15.0. The van der Waals surface area contributed by atoms with Gasteiger partial charge in [0, 0.05) is 0 Å². The summed E-state index contributed by atoms with van der Waals surface area (Å²) in [6.07, 6.45) is 4.05. The van der Waals surface area contributed by atoms with Crippen LogP contribution in [-0.2, 0) is 0 Å². The topological polar surface area (TPSA) is 27.0 Å². The molecule has 0 spiro atoms. The number of nitriles is 1. The van der Waals surface area contributed by atoms with Crippen LogP contribution >= 0.6 is 0 Å². The first-order valence-corrected chi connectivity index (χ1v) is 4.14. The van der Waals surface area contributed by atoms with Gasteiger partial charge in [-0.25, -0.2) is 5.26 Å². The third-order valence-corrected chi connectivity index (χ3v) is 1.21. The highest BCUT2D eigenvalue weighted by molar-refractivity contribution is 6.20. The Labute approximate surface area is 71.6 Å². The molecular formula is C8H19BN2. The molecule has 0 fully saturated rings. The average Bonchev–Trinajstić information content (AvgIpc) is 1.89. The van der Waals surface area contributed by atoms with Crippen molar-refractivity contribution in [2.45, 2.75) is 26.2 Å². The van der Waals surface area contributed by atoms with Crippen LogP contribution in [-0.4, -0.2) is 33.4 Å². The summed E-state index contributed by atoms with van der Waals surface area (Å²) in [5.41, 5.74) is 0. The molecule has 2 nitrogen and oxygen atoms in total. The third kappa shape index (κ3) is 26.4. The van der Waals surface area contributed by atoms with Gasteiger partial charge in [-0.1, -0.05) is 19.8 Å². The Bertz CT molecular complexity index is 96.8. The maximum absolute atomic E-state index is 7.32. The molecule has 0 saturated heterocycles. The molecule has 0 heterocycles. The van der Waals surface area contributed by atoms with E-state index in [0.29, 0.717) is 0 Å². The van der Waals surface area contributed by atoms with Gasteiger partial charge in [-0.05, 0) is 33.0 Å². The first kappa shape index (κ1) is 13.1. The first-order valence-electron chi connectivity index (χ1n) is 4.14. The number of hydrogen-bond donors (Lipinski definition) is 0. The van der Waals surface area contributed by atoms with Gasteiger partial charge in [0.2, 0.25) is 7.85 Å². The van der Waals surface area contributed by atoms with Crippen LogP contribution in [0, 0.1) is 11.2 Å². The van der Waals surface area contributed by atoms with Crippen molar-refractivity contribution in [1.29, 1.82) is 5.26 Å². The zero-order chi connectivity index (χ0) is 9.11. The maximum Gasteiger partial charge on any atom is 0.232 e. The fourth-order valence-corrected chi connectivity index (χ4v) is 0.678. The van der Waals surface area contributed by atoms with E-state index in [9.17, 15) is 0 Å². The highest BCUT2D eigenvalue weighted by Crippen LogP contribution is 1.93. The molecule has 0 saturated carbocycles. The Morgan fingerprint density at radius 2 is 1.82 bits per heavy atom. The molecule has 0 radical (unpaired) electrons. The van der Waals surface area contributed by atoms with E-state index in [-0.39, 0.29) is 0 Å². The molecule has 3 heteroatoms. The number of rotatable bonds is 4. The second-order valence-corrected chi connectivity index (χ2v) is 2.73. The number of hydrogen-bond acceptors (Lipinski definition) is 2. The summed E-state index contributed by atoms with van der Waals surface area (Å²) >= 11 is 0. The Morgan fingerprint density at radius 1 is 1.36 bits per heavy atom. The third-order valence-electron chi connectivity index (χ3n) is 1.21. The fourth-order valence-electron chi connectivity index (χ4n) is 0.678. The molecule has 0 aliphatic rings. The average molecular weight is 154 g/mol. The van der Waals surface area contributed by atoms with Crippen LogP contribution < -0.4 is 0 Å². The van der Waals surface area contributed by atoms with Crippen LogP contribution in [0.25, 0.3) is 0 Å². The molecule has 0 aromatic rings. The lowest BCUT2D eigenvalue weighted by atomic mass is 10.2. The van der Waals surface area contributed by atoms with Crippen molar-refractivity contribution in [3.8, 4) is 5.97 Å². The molecule has 11 heavy (non-hydrogen) atoms. The largest absolute Gasteiger partial charge is 0.309 e. The molecule has 0 unspecified atom stereocenters. The van der Waals surface area contributed by atoms with Crippen LogP contribution in [0.3, 0.4) is 0 Å². The quantitative estimate of drug-likeness (QED) is 0.443. The van der Waals surface area contributed by atoms with E-state index >= 15 is 0 Å². The van der Waals surface area contributed by atoms with Crippen LogP contribution in [0.5, 0.6) is 0 Å². The van der Waals surface area contributed by atoms with E-state index in [2.05, 4.69) is 25.9 Å². The summed E-state index contributed by atoms with van der Waals surface area (Å²) in [4.78, 5) is 2.23. The molecular weight excluding hydrogens is 135 g/mol. The monoisotopic (exact) mass is 154 g/mol. The Morgan fingerprint density at radius 3 is 2.09 bits per heavy atom. The van der Waals surface area contributed by atoms with Crippen molar-refractivity contribution in [3.63, 3.8) is 0 Å². The minimum atomic E-state index is 1.24. The molecule has 0 aromatic heterocycles. The standard InChI is InChI=1S/C7H17N.CH2BN/c1-4-5-6-7-8(2)3;2-1-3/h4-7H2,1-3H3;2H2. The van der Waals surface area contributed by atoms with Gasteiger partial charge < -0.3 is 4.90 Å². The Hall–Kier alpha value is -0.485. The van der Waals surface area contributed by atoms with Crippen LogP contribution in [0.15, 0.2) is 0 Å². The van der Waals surface area contributed by atoms with Gasteiger partial charge in [0.15, 0.2) is 0 Å². The van der Waals surface area contributed by atoms with E-state index < -0.39 is 0 Å². The van der Waals surface area contributed by atoms with Crippen LogP contribution in [0.4, 0.5) is 0 Å². The lowest BCUT2D eigenvalue weighted by Crippen LogP contribution is -2.12. The molecule has 0 aliphatic carbocycles. The summed E-state index contributed by atoms with van der Waals surface area (Å²) in [6.45, 7) is 3.48. The van der Waals surface area contributed by atoms with Gasteiger partial charge in [0.05, 0.1) is 0 Å². The highest BCUT2D eigenvalue weighted by Gasteiger charge is 1.86. The first-order chi connectivity index (χ1) is 5.18.